The summed E-state index contributed by atoms with van der Waals surface area (Å²) in [5.74, 6) is 1.49. The van der Waals surface area contributed by atoms with E-state index in [9.17, 15) is 4.79 Å². The van der Waals surface area contributed by atoms with Crippen molar-refractivity contribution in [3.63, 3.8) is 0 Å². The van der Waals surface area contributed by atoms with Crippen LogP contribution in [0.3, 0.4) is 0 Å². The number of rotatable bonds is 18. The lowest BCUT2D eigenvalue weighted by Crippen LogP contribution is -2.36. The van der Waals surface area contributed by atoms with Crippen molar-refractivity contribution in [2.45, 2.75) is 104 Å². The van der Waals surface area contributed by atoms with E-state index in [1.54, 1.807) is 0 Å². The van der Waals surface area contributed by atoms with Crippen LogP contribution in [0.15, 0.2) is 42.6 Å². The first-order valence-corrected chi connectivity index (χ1v) is 14.4. The van der Waals surface area contributed by atoms with Gasteiger partial charge in [0.25, 0.3) is 5.91 Å². The lowest BCUT2D eigenvalue weighted by atomic mass is 9.86. The Kier molecular flexibility index (Phi) is 14.1. The summed E-state index contributed by atoms with van der Waals surface area (Å²) >= 11 is 0. The van der Waals surface area contributed by atoms with Crippen molar-refractivity contribution in [2.75, 3.05) is 19.8 Å². The molecule has 0 bridgehead atoms. The molecule has 0 saturated carbocycles. The van der Waals surface area contributed by atoms with Crippen LogP contribution in [-0.4, -0.2) is 25.7 Å². The lowest BCUT2D eigenvalue weighted by molar-refractivity contribution is -0.679. The second kappa shape index (κ2) is 17.0. The number of hydrogen-bond donors (Lipinski definition) is 1. The number of carbonyl (C=O) groups is 1. The highest BCUT2D eigenvalue weighted by atomic mass is 16.5. The van der Waals surface area contributed by atoms with Crippen LogP contribution in [-0.2, 0) is 23.7 Å². The maximum atomic E-state index is 12.3. The molecule has 0 atom stereocenters. The van der Waals surface area contributed by atoms with E-state index in [0.717, 1.165) is 30.8 Å². The van der Waals surface area contributed by atoms with Crippen LogP contribution in [0.2, 0.25) is 0 Å². The minimum atomic E-state index is -0.114. The molecule has 5 heteroatoms. The van der Waals surface area contributed by atoms with Crippen LogP contribution < -0.4 is 19.4 Å². The van der Waals surface area contributed by atoms with Gasteiger partial charge in [-0.3, -0.25) is 4.79 Å². The van der Waals surface area contributed by atoms with E-state index in [1.165, 1.54) is 63.5 Å². The van der Waals surface area contributed by atoms with E-state index >= 15 is 0 Å². The van der Waals surface area contributed by atoms with Gasteiger partial charge in [0, 0.05) is 30.7 Å². The molecule has 0 aliphatic carbocycles. The number of hydrogen-bond acceptors (Lipinski definition) is 3. The number of nitrogens with one attached hydrogen (secondary N) is 1. The number of benzene rings is 1. The minimum Gasteiger partial charge on any atom is -0.493 e. The molecule has 0 aliphatic heterocycles. The number of aromatic nitrogens is 1. The third-order valence-electron chi connectivity index (χ3n) is 6.75. The Labute approximate surface area is 226 Å². The molecular weight excluding hydrogens is 460 g/mol. The summed E-state index contributed by atoms with van der Waals surface area (Å²) in [5, 5.41) is 2.95. The van der Waals surface area contributed by atoms with E-state index in [-0.39, 0.29) is 17.9 Å². The molecule has 0 unspecified atom stereocenters. The van der Waals surface area contributed by atoms with Crippen molar-refractivity contribution >= 4 is 5.91 Å². The molecular formula is C32H51N2O3+. The van der Waals surface area contributed by atoms with Crippen molar-refractivity contribution in [3.8, 4) is 11.5 Å². The second-order valence-electron chi connectivity index (χ2n) is 11.1. The quantitative estimate of drug-likeness (QED) is 0.176. The highest BCUT2D eigenvalue weighted by Crippen LogP contribution is 2.34. The van der Waals surface area contributed by atoms with Gasteiger partial charge >= 0.3 is 0 Å². The zero-order chi connectivity index (χ0) is 26.9. The normalized spacial score (nSPS) is 11.4. The highest BCUT2D eigenvalue weighted by molar-refractivity contribution is 5.77. The summed E-state index contributed by atoms with van der Waals surface area (Å²) < 4.78 is 14.1. The maximum absolute atomic E-state index is 12.3. The highest BCUT2D eigenvalue weighted by Gasteiger charge is 2.20. The van der Waals surface area contributed by atoms with Crippen molar-refractivity contribution < 1.29 is 18.8 Å². The summed E-state index contributed by atoms with van der Waals surface area (Å²) in [7, 11) is 2.01. The maximum Gasteiger partial charge on any atom is 0.257 e. The van der Waals surface area contributed by atoms with Crippen LogP contribution in [0, 0.1) is 0 Å². The van der Waals surface area contributed by atoms with Crippen LogP contribution in [0.4, 0.5) is 0 Å². The Balaban J connectivity index is 1.71. The van der Waals surface area contributed by atoms with Crippen LogP contribution >= 0.6 is 0 Å². The van der Waals surface area contributed by atoms with Crippen molar-refractivity contribution in [2.24, 2.45) is 7.05 Å². The van der Waals surface area contributed by atoms with E-state index in [1.807, 2.05) is 43.6 Å². The van der Waals surface area contributed by atoms with Gasteiger partial charge < -0.3 is 14.8 Å². The predicted octanol–water partition coefficient (Wildman–Crippen LogP) is 6.85. The first-order chi connectivity index (χ1) is 17.8. The Morgan fingerprint density at radius 3 is 2.22 bits per heavy atom. The largest absolute Gasteiger partial charge is 0.493 e. The molecule has 37 heavy (non-hydrogen) atoms. The number of pyridine rings is 1. The third-order valence-corrected chi connectivity index (χ3v) is 6.75. The van der Waals surface area contributed by atoms with Gasteiger partial charge in [0.1, 0.15) is 18.5 Å². The number of aryl methyl sites for hydroxylation is 1. The molecule has 0 saturated heterocycles. The lowest BCUT2D eigenvalue weighted by Gasteiger charge is -2.24. The Morgan fingerprint density at radius 1 is 0.892 bits per heavy atom. The Hall–Kier alpha value is -2.56. The van der Waals surface area contributed by atoms with Crippen LogP contribution in [0.25, 0.3) is 0 Å². The van der Waals surface area contributed by atoms with Crippen LogP contribution in [0.1, 0.15) is 103 Å². The predicted molar refractivity (Wildman–Crippen MR) is 152 cm³/mol. The number of nitrogens with zero attached hydrogens (tertiary/aromatic N) is 1. The summed E-state index contributed by atoms with van der Waals surface area (Å²) in [6.07, 6.45) is 16.0. The first kappa shape index (κ1) is 30.7. The Morgan fingerprint density at radius 2 is 1.57 bits per heavy atom. The van der Waals surface area contributed by atoms with Crippen molar-refractivity contribution in [1.29, 1.82) is 0 Å². The fraction of sp³-hybridized carbons (Fsp3) is 0.625. The Bertz CT molecular complexity index is 920. The number of amides is 1. The van der Waals surface area contributed by atoms with Crippen LogP contribution in [0.5, 0.6) is 11.5 Å². The second-order valence-corrected chi connectivity index (χ2v) is 11.1. The third kappa shape index (κ3) is 12.5. The topological polar surface area (TPSA) is 51.4 Å². The van der Waals surface area contributed by atoms with Gasteiger partial charge in [-0.05, 0) is 30.0 Å². The monoisotopic (exact) mass is 511 g/mol. The van der Waals surface area contributed by atoms with Gasteiger partial charge in [-0.1, -0.05) is 91.5 Å². The fourth-order valence-electron chi connectivity index (χ4n) is 4.43. The molecule has 0 fully saturated rings. The molecule has 1 heterocycles. The average molecular weight is 512 g/mol. The van der Waals surface area contributed by atoms with E-state index < -0.39 is 0 Å². The molecule has 1 N–H and O–H groups in total. The molecule has 2 aromatic rings. The summed E-state index contributed by atoms with van der Waals surface area (Å²) in [4.78, 5) is 12.3. The molecule has 5 nitrogen and oxygen atoms in total. The molecule has 0 aliphatic rings. The summed E-state index contributed by atoms with van der Waals surface area (Å²) in [6.45, 7) is 10.1. The minimum absolute atomic E-state index is 0.00328. The van der Waals surface area contributed by atoms with Crippen molar-refractivity contribution in [3.05, 3.63) is 53.9 Å². The number of ether oxygens (including phenoxy) is 2. The van der Waals surface area contributed by atoms with E-state index in [4.69, 9.17) is 9.47 Å². The molecule has 1 aromatic heterocycles. The fourth-order valence-corrected chi connectivity index (χ4v) is 4.43. The zero-order valence-electron chi connectivity index (χ0n) is 24.1. The van der Waals surface area contributed by atoms with Gasteiger partial charge in [-0.15, -0.1) is 0 Å². The van der Waals surface area contributed by atoms with Gasteiger partial charge in [0.05, 0.1) is 6.61 Å². The first-order valence-electron chi connectivity index (χ1n) is 14.4. The smallest absolute Gasteiger partial charge is 0.257 e. The zero-order valence-corrected chi connectivity index (χ0v) is 24.1. The molecule has 2 rings (SSSR count). The molecule has 1 aromatic carbocycles. The molecule has 0 spiro atoms. The number of unbranched alkanes of at least 4 members (excludes halogenated alkanes) is 9. The van der Waals surface area contributed by atoms with E-state index in [2.05, 4.69) is 43.6 Å². The van der Waals surface area contributed by atoms with Gasteiger partial charge in [0.15, 0.2) is 18.5 Å². The molecule has 1 amide bonds. The van der Waals surface area contributed by atoms with E-state index in [0.29, 0.717) is 12.3 Å². The molecule has 0 radical (unpaired) electrons. The standard InChI is InChI=1S/C32H50N2O3/c1-6-7-8-9-10-11-12-13-14-17-24-36-30-20-19-28(25-29(30)32(2,3)4)37-26-31(35)33-22-21-27-18-15-16-23-34(27)5/h15-16,18-20,23,25H,6-14,17,21-22,24,26H2,1-5H3/p+1. The number of carbonyl (C=O) groups excluding carboxylic acids is 1. The van der Waals surface area contributed by atoms with Gasteiger partial charge in [-0.2, -0.15) is 0 Å². The van der Waals surface area contributed by atoms with Gasteiger partial charge in [-0.25, -0.2) is 4.57 Å². The average Bonchev–Trinajstić information content (AvgIpc) is 2.87. The summed E-state index contributed by atoms with van der Waals surface area (Å²) in [6, 6.07) is 12.0. The van der Waals surface area contributed by atoms with Crippen molar-refractivity contribution in [1.82, 2.24) is 5.32 Å². The molecule has 206 valence electrons. The SMILES string of the molecule is CCCCCCCCCCCCOc1ccc(OCC(=O)NCCc2cccc[n+]2C)cc1C(C)(C)C. The van der Waals surface area contributed by atoms with Gasteiger partial charge in [0.2, 0.25) is 0 Å². The summed E-state index contributed by atoms with van der Waals surface area (Å²) in [5.41, 5.74) is 2.20.